The summed E-state index contributed by atoms with van der Waals surface area (Å²) in [6, 6.07) is 0. The Labute approximate surface area is 102 Å². The van der Waals surface area contributed by atoms with Crippen LogP contribution in [0.1, 0.15) is 16.2 Å². The van der Waals surface area contributed by atoms with Gasteiger partial charge in [-0.05, 0) is 0 Å². The number of aryl methyl sites for hydroxylation is 1. The highest BCUT2D eigenvalue weighted by Crippen LogP contribution is 2.10. The first-order valence-electron chi connectivity index (χ1n) is 5.11. The van der Waals surface area contributed by atoms with Crippen LogP contribution in [0.2, 0.25) is 0 Å². The van der Waals surface area contributed by atoms with Gasteiger partial charge in [0.05, 0.1) is 12.0 Å². The molecule has 1 amide bonds. The molecule has 0 aromatic carbocycles. The Kier molecular flexibility index (Phi) is 3.38. The molecule has 90 valence electrons. The second-order valence-corrected chi connectivity index (χ2v) is 4.50. The van der Waals surface area contributed by atoms with Crippen molar-refractivity contribution in [1.82, 2.24) is 19.9 Å². The van der Waals surface area contributed by atoms with Gasteiger partial charge in [0.1, 0.15) is 5.69 Å². The summed E-state index contributed by atoms with van der Waals surface area (Å²) in [6.45, 7) is 0.526. The molecule has 0 radical (unpaired) electrons. The molecule has 0 bridgehead atoms. The van der Waals surface area contributed by atoms with Crippen LogP contribution in [-0.4, -0.2) is 27.0 Å². The zero-order valence-electron chi connectivity index (χ0n) is 9.38. The molecular formula is C10H13N5OS. The molecule has 0 aliphatic rings. The first-order valence-corrected chi connectivity index (χ1v) is 5.99. The van der Waals surface area contributed by atoms with Crippen LogP contribution in [0.15, 0.2) is 17.9 Å². The quantitative estimate of drug-likeness (QED) is 0.825. The third kappa shape index (κ3) is 3.04. The molecule has 0 aliphatic carbocycles. The summed E-state index contributed by atoms with van der Waals surface area (Å²) < 4.78 is 1.73. The lowest BCUT2D eigenvalue weighted by Crippen LogP contribution is -2.26. The highest BCUT2D eigenvalue weighted by molar-refractivity contribution is 7.13. The summed E-state index contributed by atoms with van der Waals surface area (Å²) in [4.78, 5) is 19.7. The monoisotopic (exact) mass is 251 g/mol. The fourth-order valence-corrected chi connectivity index (χ4v) is 1.96. The molecule has 0 fully saturated rings. The SMILES string of the molecule is Cn1cnc(C(=O)NCCc2csc(N)n2)c1. The molecule has 7 heteroatoms. The van der Waals surface area contributed by atoms with E-state index in [0.717, 1.165) is 5.69 Å². The molecule has 0 unspecified atom stereocenters. The molecule has 2 aromatic rings. The van der Waals surface area contributed by atoms with Crippen LogP contribution in [0.4, 0.5) is 5.13 Å². The highest BCUT2D eigenvalue weighted by Gasteiger charge is 2.07. The summed E-state index contributed by atoms with van der Waals surface area (Å²) in [5, 5.41) is 5.22. The van der Waals surface area contributed by atoms with E-state index in [0.29, 0.717) is 23.8 Å². The lowest BCUT2D eigenvalue weighted by atomic mass is 10.3. The lowest BCUT2D eigenvalue weighted by molar-refractivity contribution is 0.0949. The van der Waals surface area contributed by atoms with Gasteiger partial charge in [-0.3, -0.25) is 4.79 Å². The van der Waals surface area contributed by atoms with Gasteiger partial charge in [-0.25, -0.2) is 9.97 Å². The van der Waals surface area contributed by atoms with Crippen LogP contribution < -0.4 is 11.1 Å². The third-order valence-electron chi connectivity index (χ3n) is 2.17. The molecule has 6 nitrogen and oxygen atoms in total. The Hall–Kier alpha value is -1.89. The first-order chi connectivity index (χ1) is 8.15. The normalized spacial score (nSPS) is 10.4. The average Bonchev–Trinajstić information content (AvgIpc) is 2.88. The number of nitrogens with zero attached hydrogens (tertiary/aromatic N) is 3. The van der Waals surface area contributed by atoms with E-state index in [1.54, 1.807) is 17.1 Å². The van der Waals surface area contributed by atoms with E-state index in [4.69, 9.17) is 5.73 Å². The number of carbonyl (C=O) groups excluding carboxylic acids is 1. The number of amides is 1. The van der Waals surface area contributed by atoms with Gasteiger partial charge in [0.25, 0.3) is 5.91 Å². The fraction of sp³-hybridized carbons (Fsp3) is 0.300. The summed E-state index contributed by atoms with van der Waals surface area (Å²) in [6.07, 6.45) is 3.94. The number of rotatable bonds is 4. The first kappa shape index (κ1) is 11.6. The van der Waals surface area contributed by atoms with Crippen LogP contribution in [0.5, 0.6) is 0 Å². The molecule has 0 atom stereocenters. The molecule has 17 heavy (non-hydrogen) atoms. The molecule has 0 aliphatic heterocycles. The molecule has 3 N–H and O–H groups in total. The van der Waals surface area contributed by atoms with Gasteiger partial charge in [-0.15, -0.1) is 11.3 Å². The maximum atomic E-state index is 11.6. The minimum atomic E-state index is -0.172. The van der Waals surface area contributed by atoms with Crippen LogP contribution in [0, 0.1) is 0 Å². The summed E-state index contributed by atoms with van der Waals surface area (Å²) in [5.41, 5.74) is 6.83. The van der Waals surface area contributed by atoms with Gasteiger partial charge in [0.15, 0.2) is 5.13 Å². The van der Waals surface area contributed by atoms with Crippen molar-refractivity contribution < 1.29 is 4.79 Å². The predicted molar refractivity (Wildman–Crippen MR) is 65.8 cm³/mol. The minimum absolute atomic E-state index is 0.172. The smallest absolute Gasteiger partial charge is 0.271 e. The Morgan fingerprint density at radius 1 is 1.65 bits per heavy atom. The third-order valence-corrected chi connectivity index (χ3v) is 2.90. The Morgan fingerprint density at radius 3 is 3.06 bits per heavy atom. The number of aromatic nitrogens is 3. The van der Waals surface area contributed by atoms with E-state index in [-0.39, 0.29) is 5.91 Å². The van der Waals surface area contributed by atoms with E-state index < -0.39 is 0 Å². The zero-order chi connectivity index (χ0) is 12.3. The van der Waals surface area contributed by atoms with E-state index >= 15 is 0 Å². The molecule has 0 saturated heterocycles. The number of hydrogen-bond acceptors (Lipinski definition) is 5. The lowest BCUT2D eigenvalue weighted by Gasteiger charge is -2.00. The van der Waals surface area contributed by atoms with Gasteiger partial charge in [0.2, 0.25) is 0 Å². The van der Waals surface area contributed by atoms with Crippen molar-refractivity contribution in [3.05, 3.63) is 29.3 Å². The van der Waals surface area contributed by atoms with Crippen LogP contribution in [-0.2, 0) is 13.5 Å². The van der Waals surface area contributed by atoms with Crippen molar-refractivity contribution in [1.29, 1.82) is 0 Å². The number of carbonyl (C=O) groups is 1. The van der Waals surface area contributed by atoms with E-state index in [2.05, 4.69) is 15.3 Å². The van der Waals surface area contributed by atoms with Gasteiger partial charge < -0.3 is 15.6 Å². The zero-order valence-corrected chi connectivity index (χ0v) is 10.2. The van der Waals surface area contributed by atoms with Gasteiger partial charge >= 0.3 is 0 Å². The number of anilines is 1. The number of imidazole rings is 1. The molecule has 0 spiro atoms. The summed E-state index contributed by atoms with van der Waals surface area (Å²) >= 11 is 1.40. The maximum Gasteiger partial charge on any atom is 0.271 e. The van der Waals surface area contributed by atoms with Crippen LogP contribution in [0.25, 0.3) is 0 Å². The predicted octanol–water partition coefficient (Wildman–Crippen LogP) is 0.431. The van der Waals surface area contributed by atoms with Crippen molar-refractivity contribution in [2.24, 2.45) is 7.05 Å². The molecule has 2 rings (SSSR count). The standard InChI is InChI=1S/C10H13N5OS/c1-15-4-8(13-6-15)9(16)12-3-2-7-5-17-10(11)14-7/h4-6H,2-3H2,1H3,(H2,11,14)(H,12,16). The van der Waals surface area contributed by atoms with E-state index in [9.17, 15) is 4.79 Å². The molecule has 2 aromatic heterocycles. The van der Waals surface area contributed by atoms with Crippen LogP contribution >= 0.6 is 11.3 Å². The molecule has 0 saturated carbocycles. The van der Waals surface area contributed by atoms with Gasteiger partial charge in [-0.2, -0.15) is 0 Å². The molecular weight excluding hydrogens is 238 g/mol. The summed E-state index contributed by atoms with van der Waals surface area (Å²) in [7, 11) is 1.82. The average molecular weight is 251 g/mol. The van der Waals surface area contributed by atoms with Gasteiger partial charge in [-0.1, -0.05) is 0 Å². The van der Waals surface area contributed by atoms with Crippen molar-refractivity contribution in [3.8, 4) is 0 Å². The Bertz CT molecular complexity index is 518. The maximum absolute atomic E-state index is 11.6. The second-order valence-electron chi connectivity index (χ2n) is 3.61. The summed E-state index contributed by atoms with van der Waals surface area (Å²) in [5.74, 6) is -0.172. The topological polar surface area (TPSA) is 85.8 Å². The van der Waals surface area contributed by atoms with E-state index in [1.165, 1.54) is 11.3 Å². The number of nitrogen functional groups attached to an aromatic ring is 1. The van der Waals surface area contributed by atoms with Gasteiger partial charge in [0, 0.05) is 31.6 Å². The number of nitrogens with one attached hydrogen (secondary N) is 1. The van der Waals surface area contributed by atoms with E-state index in [1.807, 2.05) is 12.4 Å². The number of nitrogens with two attached hydrogens (primary N) is 1. The number of hydrogen-bond donors (Lipinski definition) is 2. The Balaban J connectivity index is 1.81. The van der Waals surface area contributed by atoms with Crippen LogP contribution in [0.3, 0.4) is 0 Å². The fourth-order valence-electron chi connectivity index (χ4n) is 1.36. The van der Waals surface area contributed by atoms with Crippen molar-refractivity contribution in [3.63, 3.8) is 0 Å². The number of thiazole rings is 1. The van der Waals surface area contributed by atoms with Crippen molar-refractivity contribution >= 4 is 22.4 Å². The largest absolute Gasteiger partial charge is 0.375 e. The Morgan fingerprint density at radius 2 is 2.47 bits per heavy atom. The minimum Gasteiger partial charge on any atom is -0.375 e. The molecule has 2 heterocycles. The second kappa shape index (κ2) is 4.96. The highest BCUT2D eigenvalue weighted by atomic mass is 32.1. The van der Waals surface area contributed by atoms with Crippen molar-refractivity contribution in [2.45, 2.75) is 6.42 Å². The van der Waals surface area contributed by atoms with Crippen molar-refractivity contribution in [2.75, 3.05) is 12.3 Å².